The van der Waals surface area contributed by atoms with Crippen molar-refractivity contribution in [3.8, 4) is 0 Å². The maximum absolute atomic E-state index is 11.4. The summed E-state index contributed by atoms with van der Waals surface area (Å²) in [6.07, 6.45) is 1.20. The summed E-state index contributed by atoms with van der Waals surface area (Å²) in [6.45, 7) is 7.88. The van der Waals surface area contributed by atoms with Crippen molar-refractivity contribution in [2.75, 3.05) is 6.26 Å². The van der Waals surface area contributed by atoms with Crippen molar-refractivity contribution in [3.63, 3.8) is 0 Å². The third-order valence-corrected chi connectivity index (χ3v) is 3.44. The molecule has 0 aliphatic heterocycles. The molecule has 4 heteroatoms. The molecule has 0 saturated carbocycles. The minimum atomic E-state index is -3.16. The van der Waals surface area contributed by atoms with Crippen LogP contribution in [-0.4, -0.2) is 19.7 Å². The molecular weight excluding hydrogens is 210 g/mol. The van der Waals surface area contributed by atoms with E-state index in [1.54, 1.807) is 19.1 Å². The minimum absolute atomic E-state index is 0.0548. The van der Waals surface area contributed by atoms with Crippen LogP contribution in [0.5, 0.6) is 0 Å². The molecule has 0 fully saturated rings. The van der Waals surface area contributed by atoms with Crippen molar-refractivity contribution in [1.29, 1.82) is 0 Å². The van der Waals surface area contributed by atoms with E-state index in [9.17, 15) is 8.42 Å². The predicted octanol–water partition coefficient (Wildman–Crippen LogP) is 2.09. The van der Waals surface area contributed by atoms with Crippen LogP contribution in [0.15, 0.2) is 17.0 Å². The van der Waals surface area contributed by atoms with E-state index in [0.717, 1.165) is 5.69 Å². The first-order valence-electron chi connectivity index (χ1n) is 4.80. The second-order valence-corrected chi connectivity index (χ2v) is 6.79. The third-order valence-electron chi connectivity index (χ3n) is 2.21. The van der Waals surface area contributed by atoms with Gasteiger partial charge in [-0.2, -0.15) is 0 Å². The molecule has 0 radical (unpaired) electrons. The van der Waals surface area contributed by atoms with E-state index in [2.05, 4.69) is 25.8 Å². The summed E-state index contributed by atoms with van der Waals surface area (Å²) >= 11 is 0. The van der Waals surface area contributed by atoms with Gasteiger partial charge in [0.2, 0.25) is 0 Å². The van der Waals surface area contributed by atoms with Gasteiger partial charge in [0.1, 0.15) is 0 Å². The number of nitrogens with zero attached hydrogens (tertiary/aromatic N) is 1. The zero-order chi connectivity index (χ0) is 11.9. The lowest BCUT2D eigenvalue weighted by Gasteiger charge is -2.18. The fraction of sp³-hybridized carbons (Fsp3) is 0.545. The fourth-order valence-corrected chi connectivity index (χ4v) is 2.26. The molecule has 0 aliphatic rings. The molecular formula is C11H17NO2S. The molecule has 0 saturated heterocycles. The van der Waals surface area contributed by atoms with Gasteiger partial charge in [0.15, 0.2) is 9.84 Å². The second-order valence-electron chi connectivity index (χ2n) is 4.80. The highest BCUT2D eigenvalue weighted by atomic mass is 32.2. The van der Waals surface area contributed by atoms with Gasteiger partial charge in [-0.15, -0.1) is 0 Å². The number of aryl methyl sites for hydroxylation is 1. The Morgan fingerprint density at radius 1 is 1.20 bits per heavy atom. The van der Waals surface area contributed by atoms with Gasteiger partial charge in [-0.25, -0.2) is 8.42 Å². The summed E-state index contributed by atoms with van der Waals surface area (Å²) < 4.78 is 22.7. The van der Waals surface area contributed by atoms with Crippen LogP contribution < -0.4 is 0 Å². The lowest BCUT2D eigenvalue weighted by molar-refractivity contribution is 0.563. The largest absolute Gasteiger partial charge is 0.256 e. The summed E-state index contributed by atoms with van der Waals surface area (Å²) in [7, 11) is -3.16. The summed E-state index contributed by atoms with van der Waals surface area (Å²) in [6, 6.07) is 3.42. The fourth-order valence-electron chi connectivity index (χ4n) is 1.36. The molecule has 3 nitrogen and oxygen atoms in total. The minimum Gasteiger partial charge on any atom is -0.256 e. The van der Waals surface area contributed by atoms with Crippen molar-refractivity contribution >= 4 is 9.84 Å². The van der Waals surface area contributed by atoms with Gasteiger partial charge in [0.25, 0.3) is 0 Å². The van der Waals surface area contributed by atoms with Crippen LogP contribution in [0.4, 0.5) is 0 Å². The van der Waals surface area contributed by atoms with Crippen molar-refractivity contribution in [2.24, 2.45) is 0 Å². The zero-order valence-corrected chi connectivity index (χ0v) is 10.6. The normalized spacial score (nSPS) is 12.9. The molecule has 0 bridgehead atoms. The first-order chi connectivity index (χ1) is 6.62. The number of hydrogen-bond donors (Lipinski definition) is 0. The van der Waals surface area contributed by atoms with Gasteiger partial charge in [-0.05, 0) is 19.1 Å². The molecule has 1 aromatic rings. The van der Waals surface area contributed by atoms with Crippen LogP contribution in [0.1, 0.15) is 32.2 Å². The van der Waals surface area contributed by atoms with E-state index in [1.807, 2.05) is 0 Å². The van der Waals surface area contributed by atoms with Crippen molar-refractivity contribution in [3.05, 3.63) is 23.5 Å². The SMILES string of the molecule is Cc1nc(C(C)(C)C)ccc1S(C)(=O)=O. The Balaban J connectivity index is 3.34. The topological polar surface area (TPSA) is 47.0 Å². The molecule has 0 aromatic carbocycles. The number of rotatable bonds is 1. The highest BCUT2D eigenvalue weighted by Gasteiger charge is 2.18. The van der Waals surface area contributed by atoms with Gasteiger partial charge in [0.05, 0.1) is 10.6 Å². The summed E-state index contributed by atoms with van der Waals surface area (Å²) in [5, 5.41) is 0. The van der Waals surface area contributed by atoms with Crippen LogP contribution >= 0.6 is 0 Å². The van der Waals surface area contributed by atoms with E-state index in [1.165, 1.54) is 6.26 Å². The monoisotopic (exact) mass is 227 g/mol. The van der Waals surface area contributed by atoms with Crippen LogP contribution in [0.25, 0.3) is 0 Å². The standard InChI is InChI=1S/C11H17NO2S/c1-8-9(15(5,13)14)6-7-10(12-8)11(2,3)4/h6-7H,1-5H3. The first-order valence-corrected chi connectivity index (χ1v) is 6.70. The van der Waals surface area contributed by atoms with Gasteiger partial charge in [-0.1, -0.05) is 20.8 Å². The highest BCUT2D eigenvalue weighted by Crippen LogP contribution is 2.22. The summed E-state index contributed by atoms with van der Waals surface area (Å²) in [5.41, 5.74) is 1.43. The Labute approximate surface area is 91.5 Å². The van der Waals surface area contributed by atoms with E-state index < -0.39 is 9.84 Å². The maximum atomic E-state index is 11.4. The van der Waals surface area contributed by atoms with Crippen LogP contribution in [0.2, 0.25) is 0 Å². The lowest BCUT2D eigenvalue weighted by atomic mass is 9.91. The molecule has 1 heterocycles. The summed E-state index contributed by atoms with van der Waals surface area (Å²) in [5.74, 6) is 0. The molecule has 15 heavy (non-hydrogen) atoms. The Morgan fingerprint density at radius 2 is 1.73 bits per heavy atom. The number of pyridine rings is 1. The zero-order valence-electron chi connectivity index (χ0n) is 9.83. The number of sulfone groups is 1. The summed E-state index contributed by atoms with van der Waals surface area (Å²) in [4.78, 5) is 4.65. The molecule has 0 aliphatic carbocycles. The number of hydrogen-bond acceptors (Lipinski definition) is 3. The molecule has 0 amide bonds. The van der Waals surface area contributed by atoms with E-state index >= 15 is 0 Å². The van der Waals surface area contributed by atoms with E-state index in [4.69, 9.17) is 0 Å². The van der Waals surface area contributed by atoms with Crippen molar-refractivity contribution < 1.29 is 8.42 Å². The predicted molar refractivity (Wildman–Crippen MR) is 60.8 cm³/mol. The molecule has 1 rings (SSSR count). The van der Waals surface area contributed by atoms with Gasteiger partial charge in [0, 0.05) is 17.4 Å². The van der Waals surface area contributed by atoms with E-state index in [-0.39, 0.29) is 5.41 Å². The lowest BCUT2D eigenvalue weighted by Crippen LogP contribution is -2.15. The molecule has 0 unspecified atom stereocenters. The average Bonchev–Trinajstić information content (AvgIpc) is 1.99. The molecule has 0 N–H and O–H groups in total. The maximum Gasteiger partial charge on any atom is 0.177 e. The first kappa shape index (κ1) is 12.2. The highest BCUT2D eigenvalue weighted by molar-refractivity contribution is 7.90. The molecule has 1 aromatic heterocycles. The van der Waals surface area contributed by atoms with E-state index in [0.29, 0.717) is 10.6 Å². The Kier molecular flexibility index (Phi) is 2.92. The van der Waals surface area contributed by atoms with Crippen molar-refractivity contribution in [1.82, 2.24) is 4.98 Å². The Hall–Kier alpha value is -0.900. The number of aromatic nitrogens is 1. The molecule has 0 spiro atoms. The van der Waals surface area contributed by atoms with Crippen LogP contribution in [0.3, 0.4) is 0 Å². The quantitative estimate of drug-likeness (QED) is 0.738. The van der Waals surface area contributed by atoms with Crippen LogP contribution in [-0.2, 0) is 15.3 Å². The van der Waals surface area contributed by atoms with Gasteiger partial charge >= 0.3 is 0 Å². The van der Waals surface area contributed by atoms with Crippen molar-refractivity contribution in [2.45, 2.75) is 38.0 Å². The Bertz CT molecular complexity index is 470. The Morgan fingerprint density at radius 3 is 2.07 bits per heavy atom. The van der Waals surface area contributed by atoms with Gasteiger partial charge in [-0.3, -0.25) is 4.98 Å². The molecule has 84 valence electrons. The smallest absolute Gasteiger partial charge is 0.177 e. The average molecular weight is 227 g/mol. The van der Waals surface area contributed by atoms with Gasteiger partial charge < -0.3 is 0 Å². The second kappa shape index (κ2) is 3.59. The third kappa shape index (κ3) is 2.78. The van der Waals surface area contributed by atoms with Crippen LogP contribution in [0, 0.1) is 6.92 Å². The molecule has 0 atom stereocenters.